The molecule has 0 aliphatic carbocycles. The Morgan fingerprint density at radius 1 is 1.75 bits per heavy atom. The van der Waals surface area contributed by atoms with Crippen molar-refractivity contribution in [3.05, 3.63) is 0 Å². The maximum absolute atomic E-state index is 12.0. The monoisotopic (exact) mass is 118 g/mol. The van der Waals surface area contributed by atoms with Crippen LogP contribution in [0.15, 0.2) is 0 Å². The number of hydrogen-bond donors (Lipinski definition) is 0. The fourth-order valence-electron chi connectivity index (χ4n) is 0.869. The summed E-state index contributed by atoms with van der Waals surface area (Å²) in [5.74, 6) is 0. The van der Waals surface area contributed by atoms with Crippen LogP contribution in [0.2, 0.25) is 0 Å². The molecular weight excluding hydrogens is 107 g/mol. The third-order valence-electron chi connectivity index (χ3n) is 1.85. The van der Waals surface area contributed by atoms with Crippen molar-refractivity contribution < 1.29 is 9.13 Å². The highest BCUT2D eigenvalue weighted by molar-refractivity contribution is 4.85. The van der Waals surface area contributed by atoms with Crippen LogP contribution in [0.3, 0.4) is 0 Å². The molecule has 0 aromatic carbocycles. The van der Waals surface area contributed by atoms with Crippen LogP contribution >= 0.6 is 0 Å². The molecule has 1 saturated heterocycles. The summed E-state index contributed by atoms with van der Waals surface area (Å²) in [4.78, 5) is 0. The van der Waals surface area contributed by atoms with Crippen LogP contribution in [-0.2, 0) is 4.74 Å². The molecule has 1 rings (SSSR count). The van der Waals surface area contributed by atoms with E-state index in [1.54, 1.807) is 0 Å². The predicted octanol–water partition coefficient (Wildman–Crippen LogP) is 1.53. The number of alkyl halides is 1. The van der Waals surface area contributed by atoms with Gasteiger partial charge in [-0.25, -0.2) is 4.39 Å². The van der Waals surface area contributed by atoms with Crippen molar-refractivity contribution in [2.24, 2.45) is 0 Å². The molecular formula is C6H11FO. The van der Waals surface area contributed by atoms with Crippen molar-refractivity contribution in [3.63, 3.8) is 0 Å². The molecule has 1 heterocycles. The predicted molar refractivity (Wildman–Crippen MR) is 29.6 cm³/mol. The van der Waals surface area contributed by atoms with Gasteiger partial charge in [0.1, 0.15) is 6.67 Å². The zero-order valence-corrected chi connectivity index (χ0v) is 5.11. The average molecular weight is 118 g/mol. The van der Waals surface area contributed by atoms with E-state index < -0.39 is 0 Å². The maximum atomic E-state index is 12.0. The van der Waals surface area contributed by atoms with Crippen LogP contribution in [0.25, 0.3) is 0 Å². The molecule has 1 aliphatic rings. The lowest BCUT2D eigenvalue weighted by Gasteiger charge is -2.38. The largest absolute Gasteiger partial charge is 0.372 e. The second kappa shape index (κ2) is 2.02. The third kappa shape index (κ3) is 0.730. The Bertz CT molecular complexity index is 65.1. The van der Waals surface area contributed by atoms with E-state index in [4.69, 9.17) is 4.74 Å². The van der Waals surface area contributed by atoms with Gasteiger partial charge in [0.25, 0.3) is 0 Å². The van der Waals surface area contributed by atoms with Gasteiger partial charge in [-0.2, -0.15) is 0 Å². The van der Waals surface area contributed by atoms with E-state index in [1.165, 1.54) is 0 Å². The van der Waals surface area contributed by atoms with Crippen molar-refractivity contribution in [1.82, 2.24) is 0 Å². The molecule has 1 atom stereocenters. The molecule has 0 aromatic heterocycles. The quantitative estimate of drug-likeness (QED) is 0.534. The molecule has 0 radical (unpaired) electrons. The first-order valence-electron chi connectivity index (χ1n) is 3.03. The van der Waals surface area contributed by atoms with E-state index in [2.05, 4.69) is 0 Å². The minimum atomic E-state index is -0.361. The summed E-state index contributed by atoms with van der Waals surface area (Å²) < 4.78 is 17.0. The van der Waals surface area contributed by atoms with Crippen LogP contribution in [0, 0.1) is 0 Å². The first-order valence-corrected chi connectivity index (χ1v) is 3.03. The second-order valence-corrected chi connectivity index (χ2v) is 2.27. The zero-order chi connectivity index (χ0) is 6.04. The Labute approximate surface area is 48.8 Å². The Balaban J connectivity index is 2.33. The number of ether oxygens (including phenoxy) is 1. The fourth-order valence-corrected chi connectivity index (χ4v) is 0.869. The molecule has 0 bridgehead atoms. The van der Waals surface area contributed by atoms with Crippen molar-refractivity contribution in [3.8, 4) is 0 Å². The number of rotatable bonds is 2. The van der Waals surface area contributed by atoms with Gasteiger partial charge in [0.05, 0.1) is 12.2 Å². The van der Waals surface area contributed by atoms with Crippen molar-refractivity contribution >= 4 is 0 Å². The number of hydrogen-bond acceptors (Lipinski definition) is 1. The van der Waals surface area contributed by atoms with E-state index in [-0.39, 0.29) is 12.3 Å². The minimum absolute atomic E-state index is 0.316. The van der Waals surface area contributed by atoms with E-state index in [0.717, 1.165) is 19.4 Å². The lowest BCUT2D eigenvalue weighted by atomic mass is 9.94. The second-order valence-electron chi connectivity index (χ2n) is 2.27. The molecule has 0 spiro atoms. The average Bonchev–Trinajstić information content (AvgIpc) is 1.67. The molecule has 0 aromatic rings. The maximum Gasteiger partial charge on any atom is 0.118 e. The highest BCUT2D eigenvalue weighted by Crippen LogP contribution is 2.29. The summed E-state index contributed by atoms with van der Waals surface area (Å²) in [5, 5.41) is 0. The van der Waals surface area contributed by atoms with Gasteiger partial charge in [-0.05, 0) is 6.42 Å². The van der Waals surface area contributed by atoms with Crippen molar-refractivity contribution in [1.29, 1.82) is 0 Å². The summed E-state index contributed by atoms with van der Waals surface area (Å²) in [6.45, 7) is 2.39. The summed E-state index contributed by atoms with van der Waals surface area (Å²) in [6.07, 6.45) is 1.71. The molecule has 1 fully saturated rings. The lowest BCUT2D eigenvalue weighted by Crippen LogP contribution is -2.44. The fraction of sp³-hybridized carbons (Fsp3) is 1.00. The summed E-state index contributed by atoms with van der Waals surface area (Å²) in [6, 6.07) is 0. The molecule has 8 heavy (non-hydrogen) atoms. The molecule has 1 nitrogen and oxygen atoms in total. The Hall–Kier alpha value is -0.110. The Morgan fingerprint density at radius 3 is 2.38 bits per heavy atom. The van der Waals surface area contributed by atoms with Gasteiger partial charge in [0, 0.05) is 6.42 Å². The van der Waals surface area contributed by atoms with Crippen LogP contribution < -0.4 is 0 Å². The Morgan fingerprint density at radius 2 is 2.38 bits per heavy atom. The molecule has 2 heteroatoms. The van der Waals surface area contributed by atoms with Crippen LogP contribution in [0.4, 0.5) is 4.39 Å². The molecule has 0 N–H and O–H groups in total. The van der Waals surface area contributed by atoms with Gasteiger partial charge in [-0.15, -0.1) is 0 Å². The lowest BCUT2D eigenvalue weighted by molar-refractivity contribution is -0.158. The van der Waals surface area contributed by atoms with Gasteiger partial charge in [-0.3, -0.25) is 0 Å². The van der Waals surface area contributed by atoms with E-state index in [0.29, 0.717) is 0 Å². The topological polar surface area (TPSA) is 9.23 Å². The van der Waals surface area contributed by atoms with Gasteiger partial charge >= 0.3 is 0 Å². The van der Waals surface area contributed by atoms with Crippen LogP contribution in [0.1, 0.15) is 19.8 Å². The van der Waals surface area contributed by atoms with E-state index in [1.807, 2.05) is 6.92 Å². The number of halogens is 1. The van der Waals surface area contributed by atoms with E-state index in [9.17, 15) is 4.39 Å². The molecule has 48 valence electrons. The highest BCUT2D eigenvalue weighted by atomic mass is 19.1. The zero-order valence-electron chi connectivity index (χ0n) is 5.11. The smallest absolute Gasteiger partial charge is 0.118 e. The molecule has 1 unspecified atom stereocenters. The normalized spacial score (nSPS) is 36.8. The molecule has 0 amide bonds. The first-order chi connectivity index (χ1) is 3.83. The van der Waals surface area contributed by atoms with Gasteiger partial charge in [0.2, 0.25) is 0 Å². The molecule has 0 saturated carbocycles. The van der Waals surface area contributed by atoms with Crippen molar-refractivity contribution in [2.75, 3.05) is 13.3 Å². The van der Waals surface area contributed by atoms with E-state index >= 15 is 0 Å². The van der Waals surface area contributed by atoms with Gasteiger partial charge < -0.3 is 4.74 Å². The minimum Gasteiger partial charge on any atom is -0.372 e. The van der Waals surface area contributed by atoms with Gasteiger partial charge in [0.15, 0.2) is 0 Å². The standard InChI is InChI=1S/C6H11FO/c1-2-6(5-7)3-4-8-6/h2-5H2,1H3. The highest BCUT2D eigenvalue weighted by Gasteiger charge is 2.36. The summed E-state index contributed by atoms with van der Waals surface area (Å²) in [5.41, 5.74) is -0.361. The Kier molecular flexibility index (Phi) is 1.52. The summed E-state index contributed by atoms with van der Waals surface area (Å²) in [7, 11) is 0. The first kappa shape index (κ1) is 6.02. The van der Waals surface area contributed by atoms with Gasteiger partial charge in [-0.1, -0.05) is 6.92 Å². The van der Waals surface area contributed by atoms with Crippen molar-refractivity contribution in [2.45, 2.75) is 25.4 Å². The molecule has 1 aliphatic heterocycles. The SMILES string of the molecule is CCC1(CF)CCO1. The van der Waals surface area contributed by atoms with Crippen LogP contribution in [0.5, 0.6) is 0 Å². The van der Waals surface area contributed by atoms with Crippen LogP contribution in [-0.4, -0.2) is 18.9 Å². The third-order valence-corrected chi connectivity index (χ3v) is 1.85. The summed E-state index contributed by atoms with van der Waals surface area (Å²) >= 11 is 0.